The van der Waals surface area contributed by atoms with Crippen molar-refractivity contribution in [2.45, 2.75) is 167 Å². The highest BCUT2D eigenvalue weighted by molar-refractivity contribution is 7.88. The van der Waals surface area contributed by atoms with E-state index < -0.39 is 73.0 Å². The van der Waals surface area contributed by atoms with Crippen LogP contribution in [0.15, 0.2) is 109 Å². The molecule has 0 aliphatic carbocycles. The molecule has 2 aliphatic heterocycles. The zero-order chi connectivity index (χ0) is 57.3. The second kappa shape index (κ2) is 29.6. The average molecular weight is 1150 g/mol. The predicted molar refractivity (Wildman–Crippen MR) is 313 cm³/mol. The highest BCUT2D eigenvalue weighted by atomic mass is 32.2. The summed E-state index contributed by atoms with van der Waals surface area (Å²) in [5.41, 5.74) is 3.48. The Balaban J connectivity index is 0.000000287. The zero-order valence-corrected chi connectivity index (χ0v) is 51.9. The lowest BCUT2D eigenvalue weighted by molar-refractivity contribution is 0.0611. The maximum Gasteiger partial charge on any atom is 0.410 e. The minimum Gasteiger partial charge on any atom is -0.497 e. The number of nitrogens with zero attached hydrogens (tertiary/aromatic N) is 4. The molecule has 0 unspecified atom stereocenters. The Morgan fingerprint density at radius 2 is 0.808 bits per heavy atom. The van der Waals surface area contributed by atoms with Crippen molar-refractivity contribution in [3.05, 3.63) is 131 Å². The molecular weight excluding hydrogens is 1060 g/mol. The number of methoxy groups -OCH3 is 2. The van der Waals surface area contributed by atoms with Gasteiger partial charge in [0.05, 0.1) is 52.0 Å². The van der Waals surface area contributed by atoms with E-state index in [1.165, 1.54) is 21.1 Å². The molecule has 2 heterocycles. The molecule has 78 heavy (non-hydrogen) atoms. The highest BCUT2D eigenvalue weighted by Crippen LogP contribution is 2.36. The molecule has 0 saturated carbocycles. The van der Waals surface area contributed by atoms with E-state index in [1.54, 1.807) is 24.0 Å². The largest absolute Gasteiger partial charge is 0.497 e. The molecule has 6 rings (SSSR count). The Kier molecular flexibility index (Phi) is 24.3. The standard InChI is InChI=1S/2C29H44N2O6SSi/c2*1-7-39(8-2,9-3)37-22-28-27(30(38(6,33)34)20-24-15-17-26(35-5)18-16-24)19-23(4)31(28)29(32)36-21-25-13-11-10-12-14-25/h2*10-18,23,27-28H,7-9,19-22H2,1-6H3/t2*23-,27+,28+/m11/s1. The Bertz CT molecular complexity index is 2480. The Labute approximate surface area is 469 Å². The van der Waals surface area contributed by atoms with Gasteiger partial charge < -0.3 is 27.8 Å². The van der Waals surface area contributed by atoms with E-state index in [1.807, 2.05) is 123 Å². The van der Waals surface area contributed by atoms with Crippen LogP contribution >= 0.6 is 0 Å². The number of benzene rings is 4. The van der Waals surface area contributed by atoms with Gasteiger partial charge in [-0.1, -0.05) is 126 Å². The van der Waals surface area contributed by atoms with Gasteiger partial charge >= 0.3 is 12.2 Å². The molecule has 16 nitrogen and oxygen atoms in total. The summed E-state index contributed by atoms with van der Waals surface area (Å²) in [6, 6.07) is 37.4. The second-order valence-electron chi connectivity index (χ2n) is 20.8. The monoisotopic (exact) mass is 1150 g/mol. The lowest BCUT2D eigenvalue weighted by Gasteiger charge is -2.37. The average Bonchev–Trinajstić information content (AvgIpc) is 3.97. The van der Waals surface area contributed by atoms with E-state index in [-0.39, 0.29) is 51.6 Å². The summed E-state index contributed by atoms with van der Waals surface area (Å²) in [4.78, 5) is 30.4. The lowest BCUT2D eigenvalue weighted by atomic mass is 10.1. The van der Waals surface area contributed by atoms with E-state index in [2.05, 4.69) is 41.5 Å². The van der Waals surface area contributed by atoms with Crippen molar-refractivity contribution >= 4 is 48.9 Å². The Morgan fingerprint density at radius 3 is 1.08 bits per heavy atom. The summed E-state index contributed by atoms with van der Waals surface area (Å²) >= 11 is 0. The summed E-state index contributed by atoms with van der Waals surface area (Å²) in [6.45, 7) is 18.1. The summed E-state index contributed by atoms with van der Waals surface area (Å²) in [5, 5.41) is 0. The lowest BCUT2D eigenvalue weighted by Crippen LogP contribution is -2.53. The first-order chi connectivity index (χ1) is 37.1. The molecule has 2 saturated heterocycles. The van der Waals surface area contributed by atoms with Crippen LogP contribution in [0.25, 0.3) is 0 Å². The van der Waals surface area contributed by atoms with E-state index in [0.29, 0.717) is 24.3 Å². The van der Waals surface area contributed by atoms with Crippen LogP contribution in [-0.2, 0) is 64.7 Å². The van der Waals surface area contributed by atoms with Crippen molar-refractivity contribution in [3.63, 3.8) is 0 Å². The van der Waals surface area contributed by atoms with Gasteiger partial charge in [0, 0.05) is 37.3 Å². The number of carbonyl (C=O) groups is 2. The van der Waals surface area contributed by atoms with Crippen LogP contribution < -0.4 is 9.47 Å². The fraction of sp³-hybridized carbons (Fsp3) is 0.552. The zero-order valence-electron chi connectivity index (χ0n) is 48.3. The van der Waals surface area contributed by atoms with Crippen molar-refractivity contribution in [1.29, 1.82) is 0 Å². The maximum absolute atomic E-state index is 13.5. The fourth-order valence-corrected chi connectivity index (χ4v) is 18.4. The number of sulfonamides is 2. The van der Waals surface area contributed by atoms with Gasteiger partial charge in [0.15, 0.2) is 16.6 Å². The molecule has 6 atom stereocenters. The molecule has 4 aromatic rings. The molecule has 0 spiro atoms. The number of carbonyl (C=O) groups excluding carboxylic acids is 2. The number of hydrogen-bond acceptors (Lipinski definition) is 12. The molecule has 0 radical (unpaired) electrons. The van der Waals surface area contributed by atoms with Gasteiger partial charge in [0.25, 0.3) is 0 Å². The van der Waals surface area contributed by atoms with Crippen LogP contribution in [0, 0.1) is 0 Å². The number of rotatable bonds is 26. The summed E-state index contributed by atoms with van der Waals surface area (Å²) in [7, 11) is -8.03. The van der Waals surface area contributed by atoms with Crippen LogP contribution in [0.1, 0.15) is 90.5 Å². The van der Waals surface area contributed by atoms with Crippen LogP contribution in [-0.4, -0.2) is 140 Å². The minimum atomic E-state index is -3.61. The molecule has 2 amide bonds. The van der Waals surface area contributed by atoms with E-state index in [4.69, 9.17) is 27.8 Å². The SMILES string of the molecule is CC[Si](CC)(CC)OC[C@H]1[C@@H](N(Cc2ccc(OC)cc2)S(C)(=O)=O)C[C@@H](C)N1C(=O)OCc1ccccc1.CC[Si](CC)(CC)OC[C@H]1[C@@H](N(Cc2ccc(OC)cc2)S(C)(=O)=O)C[C@@H](C)N1C(=O)OCc1ccccc1. The van der Waals surface area contributed by atoms with Gasteiger partial charge in [-0.05, 0) is 109 Å². The molecular formula is C58H88N4O12S2Si2. The van der Waals surface area contributed by atoms with Gasteiger partial charge in [-0.15, -0.1) is 0 Å². The normalized spacial score (nSPS) is 19.9. The van der Waals surface area contributed by atoms with Crippen LogP contribution in [0.5, 0.6) is 11.5 Å². The molecule has 20 heteroatoms. The minimum absolute atomic E-state index is 0.153. The van der Waals surface area contributed by atoms with Crippen LogP contribution in [0.2, 0.25) is 36.3 Å². The first-order valence-corrected chi connectivity index (χ1v) is 36.4. The third-order valence-corrected chi connectivity index (χ3v) is 27.9. The molecule has 0 aromatic heterocycles. The predicted octanol–water partition coefficient (Wildman–Crippen LogP) is 11.3. The van der Waals surface area contributed by atoms with E-state index in [9.17, 15) is 26.4 Å². The van der Waals surface area contributed by atoms with Gasteiger partial charge in [-0.3, -0.25) is 9.80 Å². The number of likely N-dealkylation sites (tertiary alicyclic amines) is 2. The van der Waals surface area contributed by atoms with Crippen LogP contribution in [0.4, 0.5) is 9.59 Å². The smallest absolute Gasteiger partial charge is 0.410 e. The van der Waals surface area contributed by atoms with Crippen molar-refractivity contribution in [1.82, 2.24) is 18.4 Å². The first-order valence-electron chi connectivity index (χ1n) is 27.6. The van der Waals surface area contributed by atoms with Crippen molar-refractivity contribution in [2.75, 3.05) is 39.9 Å². The summed E-state index contributed by atoms with van der Waals surface area (Å²) in [5.74, 6) is 1.41. The molecule has 0 N–H and O–H groups in total. The van der Waals surface area contributed by atoms with Gasteiger partial charge in [0.1, 0.15) is 24.7 Å². The molecule has 2 aliphatic rings. The van der Waals surface area contributed by atoms with Crippen molar-refractivity contribution < 1.29 is 54.2 Å². The maximum atomic E-state index is 13.5. The van der Waals surface area contributed by atoms with Gasteiger partial charge in [-0.2, -0.15) is 8.61 Å². The van der Waals surface area contributed by atoms with Gasteiger partial charge in [0.2, 0.25) is 20.0 Å². The molecule has 432 valence electrons. The van der Waals surface area contributed by atoms with Crippen molar-refractivity contribution in [3.8, 4) is 11.5 Å². The first kappa shape index (κ1) is 64.0. The summed E-state index contributed by atoms with van der Waals surface area (Å²) < 4.78 is 91.2. The topological polar surface area (TPSA) is 171 Å². The fourth-order valence-electron chi connectivity index (χ4n) is 10.9. The summed E-state index contributed by atoms with van der Waals surface area (Å²) in [6.07, 6.45) is 2.57. The van der Waals surface area contributed by atoms with E-state index in [0.717, 1.165) is 58.5 Å². The number of hydrogen-bond donors (Lipinski definition) is 0. The highest BCUT2D eigenvalue weighted by Gasteiger charge is 2.50. The molecule has 4 aromatic carbocycles. The quantitative estimate of drug-likeness (QED) is 0.0546. The Morgan fingerprint density at radius 1 is 0.500 bits per heavy atom. The number of amides is 2. The third kappa shape index (κ3) is 17.1. The second-order valence-corrected chi connectivity index (χ2v) is 34.2. The number of ether oxygens (including phenoxy) is 4. The third-order valence-electron chi connectivity index (χ3n) is 16.1. The van der Waals surface area contributed by atoms with Gasteiger partial charge in [-0.25, -0.2) is 26.4 Å². The molecule has 2 fully saturated rings. The molecule has 0 bridgehead atoms. The van der Waals surface area contributed by atoms with Crippen molar-refractivity contribution in [2.24, 2.45) is 0 Å². The van der Waals surface area contributed by atoms with Crippen LogP contribution in [0.3, 0.4) is 0 Å². The van der Waals surface area contributed by atoms with E-state index >= 15 is 0 Å². The Hall–Kier alpha value is -4.81.